The third-order valence-corrected chi connectivity index (χ3v) is 2.56. The number of carboxylic acid groups (broad SMARTS) is 1. The Balaban J connectivity index is 2.34. The maximum atomic E-state index is 11.5. The predicted molar refractivity (Wildman–Crippen MR) is 55.5 cm³/mol. The van der Waals surface area contributed by atoms with Gasteiger partial charge >= 0.3 is 5.97 Å². The van der Waals surface area contributed by atoms with Crippen molar-refractivity contribution in [3.8, 4) is 0 Å². The number of nitrogens with one attached hydrogen (secondary N) is 2. The monoisotopic (exact) mass is 214 g/mol. The topological polar surface area (TPSA) is 78.4 Å². The summed E-state index contributed by atoms with van der Waals surface area (Å²) in [6.45, 7) is 3.39. The van der Waals surface area contributed by atoms with Crippen LogP contribution in [0.15, 0.2) is 0 Å². The van der Waals surface area contributed by atoms with Crippen molar-refractivity contribution in [2.24, 2.45) is 5.92 Å². The first kappa shape index (κ1) is 12.0. The predicted octanol–water partition coefficient (Wildman–Crippen LogP) is -0.0346. The van der Waals surface area contributed by atoms with Crippen LogP contribution in [-0.2, 0) is 9.59 Å². The van der Waals surface area contributed by atoms with Gasteiger partial charge in [-0.25, -0.2) is 0 Å². The SMILES string of the molecule is CCCC(CC(=O)O)NC(=O)C1CNC1. The quantitative estimate of drug-likeness (QED) is 0.580. The summed E-state index contributed by atoms with van der Waals surface area (Å²) in [4.78, 5) is 22.1. The number of aliphatic carboxylic acids is 1. The number of hydrogen-bond acceptors (Lipinski definition) is 3. The molecule has 1 aliphatic heterocycles. The molecule has 1 heterocycles. The highest BCUT2D eigenvalue weighted by atomic mass is 16.4. The second-order valence-corrected chi connectivity index (χ2v) is 3.95. The molecule has 1 fully saturated rings. The van der Waals surface area contributed by atoms with Crippen LogP contribution in [-0.4, -0.2) is 36.1 Å². The van der Waals surface area contributed by atoms with Crippen molar-refractivity contribution < 1.29 is 14.7 Å². The molecule has 1 aliphatic rings. The molecule has 0 aromatic rings. The van der Waals surface area contributed by atoms with E-state index in [1.807, 2.05) is 6.92 Å². The normalized spacial score (nSPS) is 17.9. The molecule has 1 rings (SSSR count). The Labute approximate surface area is 89.2 Å². The van der Waals surface area contributed by atoms with Crippen molar-refractivity contribution >= 4 is 11.9 Å². The van der Waals surface area contributed by atoms with Gasteiger partial charge in [-0.05, 0) is 6.42 Å². The number of carbonyl (C=O) groups excluding carboxylic acids is 1. The van der Waals surface area contributed by atoms with Gasteiger partial charge in [0.15, 0.2) is 0 Å². The Kier molecular flexibility index (Phi) is 4.55. The number of carboxylic acids is 1. The van der Waals surface area contributed by atoms with Crippen molar-refractivity contribution in [2.45, 2.75) is 32.2 Å². The van der Waals surface area contributed by atoms with Gasteiger partial charge in [-0.3, -0.25) is 9.59 Å². The standard InChI is InChI=1S/C10H18N2O3/c1-2-3-8(4-9(13)14)12-10(15)7-5-11-6-7/h7-8,11H,2-6H2,1H3,(H,12,15)(H,13,14). The minimum atomic E-state index is -0.861. The van der Waals surface area contributed by atoms with Gasteiger partial charge in [-0.15, -0.1) is 0 Å². The number of amides is 1. The molecule has 15 heavy (non-hydrogen) atoms. The molecule has 0 aromatic carbocycles. The summed E-state index contributed by atoms with van der Waals surface area (Å²) in [7, 11) is 0. The third-order valence-electron chi connectivity index (χ3n) is 2.56. The molecule has 0 aromatic heterocycles. The van der Waals surface area contributed by atoms with Crippen LogP contribution in [0.25, 0.3) is 0 Å². The van der Waals surface area contributed by atoms with Crippen LogP contribution < -0.4 is 10.6 Å². The maximum absolute atomic E-state index is 11.5. The lowest BCUT2D eigenvalue weighted by Crippen LogP contribution is -2.53. The Hall–Kier alpha value is -1.10. The lowest BCUT2D eigenvalue weighted by Gasteiger charge is -2.28. The summed E-state index contributed by atoms with van der Waals surface area (Å²) >= 11 is 0. The molecule has 5 heteroatoms. The van der Waals surface area contributed by atoms with E-state index in [0.29, 0.717) is 13.1 Å². The van der Waals surface area contributed by atoms with Crippen molar-refractivity contribution in [3.05, 3.63) is 0 Å². The number of carbonyl (C=O) groups is 2. The second kappa shape index (κ2) is 5.70. The van der Waals surface area contributed by atoms with Gasteiger partial charge in [0, 0.05) is 19.1 Å². The van der Waals surface area contributed by atoms with Crippen molar-refractivity contribution in [3.63, 3.8) is 0 Å². The molecular formula is C10H18N2O3. The molecular weight excluding hydrogens is 196 g/mol. The Morgan fingerprint density at radius 1 is 1.53 bits per heavy atom. The average Bonchev–Trinajstić information content (AvgIpc) is 1.98. The largest absolute Gasteiger partial charge is 0.481 e. The van der Waals surface area contributed by atoms with E-state index >= 15 is 0 Å². The summed E-state index contributed by atoms with van der Waals surface area (Å²) in [5, 5.41) is 14.5. The van der Waals surface area contributed by atoms with Crippen LogP contribution in [0, 0.1) is 5.92 Å². The fraction of sp³-hybridized carbons (Fsp3) is 0.800. The summed E-state index contributed by atoms with van der Waals surface area (Å²) < 4.78 is 0. The van der Waals surface area contributed by atoms with Gasteiger partial charge in [-0.2, -0.15) is 0 Å². The lowest BCUT2D eigenvalue weighted by atomic mass is 10.0. The average molecular weight is 214 g/mol. The Morgan fingerprint density at radius 3 is 2.60 bits per heavy atom. The number of rotatable bonds is 6. The summed E-state index contributed by atoms with van der Waals surface area (Å²) in [6, 6.07) is -0.222. The molecule has 3 N–H and O–H groups in total. The van der Waals surface area contributed by atoms with E-state index in [1.165, 1.54) is 0 Å². The molecule has 0 spiro atoms. The highest BCUT2D eigenvalue weighted by molar-refractivity contribution is 5.81. The van der Waals surface area contributed by atoms with Crippen molar-refractivity contribution in [1.29, 1.82) is 0 Å². The fourth-order valence-electron chi connectivity index (χ4n) is 1.58. The maximum Gasteiger partial charge on any atom is 0.305 e. The zero-order valence-corrected chi connectivity index (χ0v) is 8.95. The van der Waals surface area contributed by atoms with Gasteiger partial charge in [0.1, 0.15) is 0 Å². The molecule has 5 nitrogen and oxygen atoms in total. The van der Waals surface area contributed by atoms with Crippen LogP contribution in [0.3, 0.4) is 0 Å². The minimum Gasteiger partial charge on any atom is -0.481 e. The molecule has 86 valence electrons. The Bertz CT molecular complexity index is 239. The first-order valence-electron chi connectivity index (χ1n) is 5.36. The molecule has 1 unspecified atom stereocenters. The minimum absolute atomic E-state index is 0.0136. The smallest absolute Gasteiger partial charge is 0.305 e. The first-order chi connectivity index (χ1) is 7.13. The summed E-state index contributed by atoms with van der Waals surface area (Å²) in [6.07, 6.45) is 1.61. The first-order valence-corrected chi connectivity index (χ1v) is 5.36. The van der Waals surface area contributed by atoms with E-state index in [1.54, 1.807) is 0 Å². The zero-order valence-electron chi connectivity index (χ0n) is 8.95. The molecule has 0 radical (unpaired) electrons. The highest BCUT2D eigenvalue weighted by Crippen LogP contribution is 2.07. The van der Waals surface area contributed by atoms with E-state index in [2.05, 4.69) is 10.6 Å². The summed E-state index contributed by atoms with van der Waals surface area (Å²) in [5.41, 5.74) is 0. The van der Waals surface area contributed by atoms with Gasteiger partial charge in [0.25, 0.3) is 0 Å². The number of hydrogen-bond donors (Lipinski definition) is 3. The van der Waals surface area contributed by atoms with Crippen LogP contribution >= 0.6 is 0 Å². The van der Waals surface area contributed by atoms with Gasteiger partial charge in [0.2, 0.25) is 5.91 Å². The highest BCUT2D eigenvalue weighted by Gasteiger charge is 2.26. The van der Waals surface area contributed by atoms with E-state index in [-0.39, 0.29) is 24.3 Å². The molecule has 0 bridgehead atoms. The second-order valence-electron chi connectivity index (χ2n) is 3.95. The van der Waals surface area contributed by atoms with Crippen molar-refractivity contribution in [2.75, 3.05) is 13.1 Å². The van der Waals surface area contributed by atoms with Crippen molar-refractivity contribution in [1.82, 2.24) is 10.6 Å². The summed E-state index contributed by atoms with van der Waals surface area (Å²) in [5.74, 6) is -0.855. The van der Waals surface area contributed by atoms with E-state index in [4.69, 9.17) is 5.11 Å². The molecule has 1 saturated heterocycles. The third kappa shape index (κ3) is 3.87. The van der Waals surface area contributed by atoms with Gasteiger partial charge < -0.3 is 15.7 Å². The van der Waals surface area contributed by atoms with Gasteiger partial charge in [-0.1, -0.05) is 13.3 Å². The zero-order chi connectivity index (χ0) is 11.3. The van der Waals surface area contributed by atoms with E-state index in [0.717, 1.165) is 12.8 Å². The molecule has 0 saturated carbocycles. The van der Waals surface area contributed by atoms with Crippen LogP contribution in [0.5, 0.6) is 0 Å². The Morgan fingerprint density at radius 2 is 2.20 bits per heavy atom. The van der Waals surface area contributed by atoms with E-state index < -0.39 is 5.97 Å². The molecule has 1 atom stereocenters. The van der Waals surface area contributed by atoms with Crippen LogP contribution in [0.1, 0.15) is 26.2 Å². The molecule has 1 amide bonds. The lowest BCUT2D eigenvalue weighted by molar-refractivity contribution is -0.138. The van der Waals surface area contributed by atoms with E-state index in [9.17, 15) is 9.59 Å². The van der Waals surface area contributed by atoms with Crippen LogP contribution in [0.4, 0.5) is 0 Å². The van der Waals surface area contributed by atoms with Gasteiger partial charge in [0.05, 0.1) is 12.3 Å². The van der Waals surface area contributed by atoms with Crippen LogP contribution in [0.2, 0.25) is 0 Å². The molecule has 0 aliphatic carbocycles. The fourth-order valence-corrected chi connectivity index (χ4v) is 1.58.